The van der Waals surface area contributed by atoms with Gasteiger partial charge in [-0.05, 0) is 48.0 Å². The van der Waals surface area contributed by atoms with Crippen LogP contribution in [0.1, 0.15) is 17.2 Å². The molecule has 0 fully saturated rings. The van der Waals surface area contributed by atoms with Crippen molar-refractivity contribution in [3.63, 3.8) is 0 Å². The Balaban J connectivity index is 1.61. The molecule has 1 aromatic heterocycles. The summed E-state index contributed by atoms with van der Waals surface area (Å²) in [5.41, 5.74) is 8.93. The number of anilines is 3. The van der Waals surface area contributed by atoms with Gasteiger partial charge in [0.2, 0.25) is 0 Å². The molecule has 1 aliphatic heterocycles. The van der Waals surface area contributed by atoms with Crippen LogP contribution in [0, 0.1) is 28.8 Å². The first kappa shape index (κ1) is 25.5. The zero-order valence-electron chi connectivity index (χ0n) is 19.6. The maximum atomic E-state index is 14.1. The fourth-order valence-corrected chi connectivity index (χ4v) is 4.50. The second-order valence-corrected chi connectivity index (χ2v) is 9.26. The predicted octanol–water partition coefficient (Wildman–Crippen LogP) is 6.52. The zero-order valence-corrected chi connectivity index (χ0v) is 21.1. The van der Waals surface area contributed by atoms with Crippen molar-refractivity contribution in [2.24, 2.45) is 0 Å². The summed E-state index contributed by atoms with van der Waals surface area (Å²) in [6, 6.07) is 12.5. The molecule has 3 aromatic carbocycles. The molecule has 1 aliphatic rings. The molecular weight excluding hydrogens is 538 g/mol. The van der Waals surface area contributed by atoms with E-state index in [1.54, 1.807) is 30.4 Å². The van der Waals surface area contributed by atoms with Gasteiger partial charge in [-0.25, -0.2) is 13.2 Å². The van der Waals surface area contributed by atoms with Crippen LogP contribution in [-0.4, -0.2) is 17.0 Å². The van der Waals surface area contributed by atoms with Crippen molar-refractivity contribution in [2.45, 2.75) is 6.04 Å². The smallest absolute Gasteiger partial charge is 0.159 e. The number of nitriles is 1. The van der Waals surface area contributed by atoms with Crippen LogP contribution in [0.4, 0.5) is 30.2 Å². The molecule has 192 valence electrons. The zero-order chi connectivity index (χ0) is 27.0. The van der Waals surface area contributed by atoms with E-state index in [2.05, 4.69) is 32.6 Å². The number of rotatable bonds is 6. The molecule has 4 N–H and O–H groups in total. The number of pyridine rings is 1. The molecule has 12 heteroatoms. The highest BCUT2D eigenvalue weighted by Crippen LogP contribution is 2.37. The van der Waals surface area contributed by atoms with E-state index in [-0.39, 0.29) is 15.6 Å². The summed E-state index contributed by atoms with van der Waals surface area (Å²) in [6.45, 7) is 0. The number of aromatic nitrogens is 1. The minimum Gasteiger partial charge on any atom is -0.373 e. The SMILES string of the molecule is CN1C=C(C(Nc2cc(Cl)c3ncc(C#N)c(Nc4ccc(F)c(Cl)c4)c3c2)c2ccc(F)c(F)c2)NN1. The average molecular weight is 556 g/mol. The predicted molar refractivity (Wildman–Crippen MR) is 141 cm³/mol. The third-order valence-electron chi connectivity index (χ3n) is 5.84. The fourth-order valence-electron chi connectivity index (χ4n) is 4.05. The van der Waals surface area contributed by atoms with Crippen LogP contribution in [0.2, 0.25) is 10.0 Å². The minimum atomic E-state index is -0.988. The molecule has 2 heterocycles. The Hall–Kier alpha value is -4.17. The van der Waals surface area contributed by atoms with Gasteiger partial charge in [0.05, 0.1) is 38.6 Å². The minimum absolute atomic E-state index is 0.0856. The van der Waals surface area contributed by atoms with E-state index in [9.17, 15) is 18.4 Å². The lowest BCUT2D eigenvalue weighted by Gasteiger charge is -2.22. The van der Waals surface area contributed by atoms with Crippen molar-refractivity contribution < 1.29 is 13.2 Å². The Morgan fingerprint density at radius 2 is 1.74 bits per heavy atom. The number of halogens is 5. The Morgan fingerprint density at radius 3 is 2.42 bits per heavy atom. The van der Waals surface area contributed by atoms with Gasteiger partial charge >= 0.3 is 0 Å². The number of nitrogens with zero attached hydrogens (tertiary/aromatic N) is 3. The van der Waals surface area contributed by atoms with E-state index in [1.807, 2.05) is 0 Å². The number of hydrogen-bond donors (Lipinski definition) is 4. The Morgan fingerprint density at radius 1 is 0.974 bits per heavy atom. The molecule has 7 nitrogen and oxygen atoms in total. The molecule has 0 saturated heterocycles. The second-order valence-electron chi connectivity index (χ2n) is 8.45. The third kappa shape index (κ3) is 4.99. The second kappa shape index (κ2) is 10.3. The van der Waals surface area contributed by atoms with Gasteiger partial charge in [0.1, 0.15) is 11.9 Å². The quantitative estimate of drug-likeness (QED) is 0.215. The van der Waals surface area contributed by atoms with Crippen LogP contribution in [-0.2, 0) is 0 Å². The normalized spacial score (nSPS) is 13.6. The van der Waals surface area contributed by atoms with E-state index in [0.717, 1.165) is 12.1 Å². The molecule has 0 bridgehead atoms. The molecule has 0 aliphatic carbocycles. The van der Waals surface area contributed by atoms with Gasteiger partial charge in [-0.1, -0.05) is 29.3 Å². The lowest BCUT2D eigenvalue weighted by Crippen LogP contribution is -2.35. The lowest BCUT2D eigenvalue weighted by molar-refractivity contribution is 0.326. The van der Waals surface area contributed by atoms with Gasteiger partial charge in [0, 0.05) is 36.2 Å². The third-order valence-corrected chi connectivity index (χ3v) is 6.42. The molecule has 0 spiro atoms. The molecule has 1 unspecified atom stereocenters. The van der Waals surface area contributed by atoms with E-state index in [1.165, 1.54) is 30.5 Å². The first-order valence-electron chi connectivity index (χ1n) is 11.2. The van der Waals surface area contributed by atoms with Gasteiger partial charge in [-0.2, -0.15) is 5.26 Å². The highest BCUT2D eigenvalue weighted by atomic mass is 35.5. The summed E-state index contributed by atoms with van der Waals surface area (Å²) in [4.78, 5) is 4.33. The van der Waals surface area contributed by atoms with Crippen molar-refractivity contribution in [1.29, 1.82) is 5.26 Å². The van der Waals surface area contributed by atoms with Gasteiger partial charge in [0.15, 0.2) is 11.6 Å². The van der Waals surface area contributed by atoms with Gasteiger partial charge in [-0.15, -0.1) is 5.53 Å². The van der Waals surface area contributed by atoms with Gasteiger partial charge in [-0.3, -0.25) is 9.99 Å². The van der Waals surface area contributed by atoms with Crippen molar-refractivity contribution in [2.75, 3.05) is 17.7 Å². The maximum Gasteiger partial charge on any atom is 0.159 e. The van der Waals surface area contributed by atoms with Crippen LogP contribution in [0.15, 0.2) is 66.6 Å². The highest BCUT2D eigenvalue weighted by Gasteiger charge is 2.23. The van der Waals surface area contributed by atoms with E-state index < -0.39 is 23.5 Å². The number of hydrogen-bond acceptors (Lipinski definition) is 7. The summed E-state index contributed by atoms with van der Waals surface area (Å²) < 4.78 is 41.5. The summed E-state index contributed by atoms with van der Waals surface area (Å²) in [5, 5.41) is 18.5. The van der Waals surface area contributed by atoms with Crippen molar-refractivity contribution in [3.8, 4) is 6.07 Å². The summed E-state index contributed by atoms with van der Waals surface area (Å²) in [6.07, 6.45) is 3.13. The first-order chi connectivity index (χ1) is 18.2. The number of nitrogens with one attached hydrogen (secondary N) is 4. The standard InChI is InChI=1S/C26H18Cl2F3N7/c1-38-12-23(36-37-38)25(13-2-4-21(30)22(31)6-13)35-16-7-17-24(34-15-3-5-20(29)18(27)8-15)14(10-32)11-33-26(17)19(28)9-16/h2-9,11-12,25,35-37H,1H3,(H,33,34). The molecule has 0 saturated carbocycles. The first-order valence-corrected chi connectivity index (χ1v) is 11.9. The van der Waals surface area contributed by atoms with Crippen LogP contribution >= 0.6 is 23.2 Å². The van der Waals surface area contributed by atoms with E-state index >= 15 is 0 Å². The Bertz CT molecular complexity index is 1640. The lowest BCUT2D eigenvalue weighted by atomic mass is 10.0. The monoisotopic (exact) mass is 555 g/mol. The largest absolute Gasteiger partial charge is 0.373 e. The van der Waals surface area contributed by atoms with Crippen LogP contribution in [0.5, 0.6) is 0 Å². The molecule has 4 aromatic rings. The number of fused-ring (bicyclic) bond motifs is 1. The van der Waals surface area contributed by atoms with Gasteiger partial charge < -0.3 is 16.1 Å². The topological polar surface area (TPSA) is 88.0 Å². The Labute approximate surface area is 225 Å². The molecule has 0 radical (unpaired) electrons. The van der Waals surface area contributed by atoms with E-state index in [4.69, 9.17) is 23.2 Å². The Kier molecular flexibility index (Phi) is 6.91. The molecule has 0 amide bonds. The van der Waals surface area contributed by atoms with Crippen LogP contribution < -0.4 is 21.6 Å². The van der Waals surface area contributed by atoms with Crippen molar-refractivity contribution in [3.05, 3.63) is 105 Å². The van der Waals surface area contributed by atoms with Crippen LogP contribution in [0.3, 0.4) is 0 Å². The summed E-state index contributed by atoms with van der Waals surface area (Å²) >= 11 is 12.5. The molecule has 5 rings (SSSR count). The van der Waals surface area contributed by atoms with E-state index in [0.29, 0.717) is 39.2 Å². The van der Waals surface area contributed by atoms with Gasteiger partial charge in [0.25, 0.3) is 0 Å². The van der Waals surface area contributed by atoms with Crippen LogP contribution in [0.25, 0.3) is 10.9 Å². The van der Waals surface area contributed by atoms with Crippen molar-refractivity contribution >= 4 is 51.2 Å². The number of hydrazine groups is 2. The molecule has 1 atom stereocenters. The summed E-state index contributed by atoms with van der Waals surface area (Å²) in [7, 11) is 1.77. The van der Waals surface area contributed by atoms with Crippen molar-refractivity contribution in [1.82, 2.24) is 21.0 Å². The average Bonchev–Trinajstić information content (AvgIpc) is 3.32. The number of benzene rings is 3. The fraction of sp³-hybridized carbons (Fsp3) is 0.0769. The highest BCUT2D eigenvalue weighted by molar-refractivity contribution is 6.36. The molecule has 38 heavy (non-hydrogen) atoms. The maximum absolute atomic E-state index is 14.1. The molecular formula is C26H18Cl2F3N7. The summed E-state index contributed by atoms with van der Waals surface area (Å²) in [5.74, 6) is -2.53.